The van der Waals surface area contributed by atoms with Gasteiger partial charge in [0.05, 0.1) is 0 Å². The number of hydrogen-bond acceptors (Lipinski definition) is 1. The fourth-order valence-electron chi connectivity index (χ4n) is 1.63. The molecule has 0 atom stereocenters. The zero-order chi connectivity index (χ0) is 12.1. The smallest absolute Gasteiger partial charge is 0.251 e. The van der Waals surface area contributed by atoms with E-state index in [1.54, 1.807) is 0 Å². The Morgan fingerprint density at radius 2 is 1.82 bits per heavy atom. The number of nitrogens with one attached hydrogen (secondary N) is 1. The van der Waals surface area contributed by atoms with Crippen molar-refractivity contribution in [2.75, 3.05) is 6.54 Å². The predicted octanol–water partition coefficient (Wildman–Crippen LogP) is 2.62. The van der Waals surface area contributed by atoms with Crippen LogP contribution in [0.4, 0.5) is 0 Å². The third-order valence-electron chi connectivity index (χ3n) is 2.57. The minimum absolute atomic E-state index is 0.00842. The molecule has 17 heavy (non-hydrogen) atoms. The van der Waals surface area contributed by atoms with E-state index in [-0.39, 0.29) is 5.91 Å². The summed E-state index contributed by atoms with van der Waals surface area (Å²) in [6.45, 7) is 2.76. The lowest BCUT2D eigenvalue weighted by Gasteiger charge is -2.06. The van der Waals surface area contributed by atoms with Gasteiger partial charge in [-0.1, -0.05) is 6.92 Å². The highest BCUT2D eigenvalue weighted by Gasteiger charge is 2.04. The van der Waals surface area contributed by atoms with Crippen molar-refractivity contribution >= 4 is 5.91 Å². The van der Waals surface area contributed by atoms with Crippen LogP contribution in [0.2, 0.25) is 0 Å². The molecule has 0 spiro atoms. The van der Waals surface area contributed by atoms with Gasteiger partial charge in [-0.3, -0.25) is 4.79 Å². The van der Waals surface area contributed by atoms with Crippen LogP contribution >= 0.6 is 0 Å². The maximum Gasteiger partial charge on any atom is 0.251 e. The van der Waals surface area contributed by atoms with E-state index < -0.39 is 0 Å². The second-order valence-corrected chi connectivity index (χ2v) is 3.89. The molecule has 1 amide bonds. The largest absolute Gasteiger partial charge is 0.352 e. The summed E-state index contributed by atoms with van der Waals surface area (Å²) in [6.07, 6.45) is 4.91. The van der Waals surface area contributed by atoms with E-state index in [1.807, 2.05) is 60.3 Å². The highest BCUT2D eigenvalue weighted by Crippen LogP contribution is 2.09. The Morgan fingerprint density at radius 3 is 2.41 bits per heavy atom. The summed E-state index contributed by atoms with van der Waals surface area (Å²) >= 11 is 0. The Hall–Kier alpha value is -2.03. The first-order chi connectivity index (χ1) is 8.31. The minimum atomic E-state index is -0.00842. The van der Waals surface area contributed by atoms with Crippen LogP contribution in [-0.2, 0) is 0 Å². The van der Waals surface area contributed by atoms with Crippen LogP contribution in [0.3, 0.4) is 0 Å². The molecule has 0 saturated carbocycles. The average Bonchev–Trinajstić information content (AvgIpc) is 2.90. The first-order valence-electron chi connectivity index (χ1n) is 5.83. The molecule has 2 aromatic rings. The average molecular weight is 228 g/mol. The Morgan fingerprint density at radius 1 is 1.18 bits per heavy atom. The fraction of sp³-hybridized carbons (Fsp3) is 0.214. The van der Waals surface area contributed by atoms with Crippen LogP contribution in [0.5, 0.6) is 0 Å². The predicted molar refractivity (Wildman–Crippen MR) is 68.4 cm³/mol. The summed E-state index contributed by atoms with van der Waals surface area (Å²) in [5.41, 5.74) is 1.76. The second-order valence-electron chi connectivity index (χ2n) is 3.89. The molecule has 0 aliphatic rings. The molecular formula is C14H16N2O. The summed E-state index contributed by atoms with van der Waals surface area (Å²) < 4.78 is 2.01. The molecule has 1 aromatic carbocycles. The van der Waals surface area contributed by atoms with Crippen molar-refractivity contribution < 1.29 is 4.79 Å². The summed E-state index contributed by atoms with van der Waals surface area (Å²) in [5.74, 6) is -0.00842. The Balaban J connectivity index is 2.10. The monoisotopic (exact) mass is 228 g/mol. The number of amides is 1. The van der Waals surface area contributed by atoms with Gasteiger partial charge in [0.2, 0.25) is 0 Å². The Bertz CT molecular complexity index is 471. The van der Waals surface area contributed by atoms with Gasteiger partial charge in [-0.2, -0.15) is 0 Å². The lowest BCUT2D eigenvalue weighted by atomic mass is 10.2. The lowest BCUT2D eigenvalue weighted by Crippen LogP contribution is -2.23. The number of hydrogen-bond donors (Lipinski definition) is 1. The van der Waals surface area contributed by atoms with Gasteiger partial charge in [0.15, 0.2) is 0 Å². The van der Waals surface area contributed by atoms with E-state index in [1.165, 1.54) is 0 Å². The highest BCUT2D eigenvalue weighted by molar-refractivity contribution is 5.94. The zero-order valence-electron chi connectivity index (χ0n) is 9.89. The van der Waals surface area contributed by atoms with Crippen molar-refractivity contribution in [3.63, 3.8) is 0 Å². The molecule has 0 fully saturated rings. The van der Waals surface area contributed by atoms with Crippen LogP contribution in [0.15, 0.2) is 48.8 Å². The van der Waals surface area contributed by atoms with Crippen molar-refractivity contribution in [2.24, 2.45) is 0 Å². The van der Waals surface area contributed by atoms with Gasteiger partial charge in [-0.15, -0.1) is 0 Å². The number of nitrogens with zero attached hydrogens (tertiary/aromatic N) is 1. The van der Waals surface area contributed by atoms with E-state index in [0.29, 0.717) is 5.56 Å². The molecule has 0 aliphatic heterocycles. The maximum atomic E-state index is 11.7. The SMILES string of the molecule is CCCNC(=O)c1ccc(-n2cccc2)cc1. The van der Waals surface area contributed by atoms with Gasteiger partial charge in [-0.25, -0.2) is 0 Å². The lowest BCUT2D eigenvalue weighted by molar-refractivity contribution is 0.0953. The molecule has 0 radical (unpaired) electrons. The molecule has 1 heterocycles. The molecule has 3 nitrogen and oxygen atoms in total. The topological polar surface area (TPSA) is 34.0 Å². The quantitative estimate of drug-likeness (QED) is 0.857. The standard InChI is InChI=1S/C14H16N2O/c1-2-9-15-14(17)12-5-7-13(8-6-12)16-10-3-4-11-16/h3-8,10-11H,2,9H2,1H3,(H,15,17). The van der Waals surface area contributed by atoms with Crippen LogP contribution in [0.1, 0.15) is 23.7 Å². The summed E-state index contributed by atoms with van der Waals surface area (Å²) in [5, 5.41) is 2.86. The van der Waals surface area contributed by atoms with Gasteiger partial charge >= 0.3 is 0 Å². The van der Waals surface area contributed by atoms with Gasteiger partial charge in [0.25, 0.3) is 5.91 Å². The molecule has 0 aliphatic carbocycles. The van der Waals surface area contributed by atoms with Crippen molar-refractivity contribution in [1.82, 2.24) is 9.88 Å². The summed E-state index contributed by atoms with van der Waals surface area (Å²) in [4.78, 5) is 11.7. The van der Waals surface area contributed by atoms with Crippen LogP contribution < -0.4 is 5.32 Å². The van der Waals surface area contributed by atoms with E-state index in [4.69, 9.17) is 0 Å². The maximum absolute atomic E-state index is 11.7. The molecule has 88 valence electrons. The first-order valence-corrected chi connectivity index (χ1v) is 5.83. The number of rotatable bonds is 4. The summed E-state index contributed by atoms with van der Waals surface area (Å²) in [7, 11) is 0. The molecular weight excluding hydrogens is 212 g/mol. The molecule has 2 rings (SSSR count). The molecule has 0 unspecified atom stereocenters. The third-order valence-corrected chi connectivity index (χ3v) is 2.57. The van der Waals surface area contributed by atoms with Crippen LogP contribution in [0.25, 0.3) is 5.69 Å². The molecule has 1 N–H and O–H groups in total. The molecule has 0 bridgehead atoms. The zero-order valence-corrected chi connectivity index (χ0v) is 9.89. The van der Waals surface area contributed by atoms with Gasteiger partial charge < -0.3 is 9.88 Å². The molecule has 1 aromatic heterocycles. The third kappa shape index (κ3) is 2.75. The second kappa shape index (κ2) is 5.34. The molecule has 0 saturated heterocycles. The Kier molecular flexibility index (Phi) is 3.60. The van der Waals surface area contributed by atoms with Gasteiger partial charge in [-0.05, 0) is 42.8 Å². The van der Waals surface area contributed by atoms with Gasteiger partial charge in [0, 0.05) is 30.2 Å². The normalized spacial score (nSPS) is 10.2. The minimum Gasteiger partial charge on any atom is -0.352 e. The highest BCUT2D eigenvalue weighted by atomic mass is 16.1. The van der Waals surface area contributed by atoms with Gasteiger partial charge in [0.1, 0.15) is 0 Å². The van der Waals surface area contributed by atoms with E-state index in [9.17, 15) is 4.79 Å². The fourth-order valence-corrected chi connectivity index (χ4v) is 1.63. The molecule has 3 heteroatoms. The van der Waals surface area contributed by atoms with Crippen molar-refractivity contribution in [3.8, 4) is 5.69 Å². The number of benzene rings is 1. The van der Waals surface area contributed by atoms with Crippen molar-refractivity contribution in [2.45, 2.75) is 13.3 Å². The summed E-state index contributed by atoms with van der Waals surface area (Å²) in [6, 6.07) is 11.5. The Labute approximate surface area is 101 Å². The number of carbonyl (C=O) groups excluding carboxylic acids is 1. The van der Waals surface area contributed by atoms with Crippen molar-refractivity contribution in [3.05, 3.63) is 54.4 Å². The number of carbonyl (C=O) groups is 1. The van der Waals surface area contributed by atoms with E-state index >= 15 is 0 Å². The number of aromatic nitrogens is 1. The van der Waals surface area contributed by atoms with E-state index in [2.05, 4.69) is 5.32 Å². The first kappa shape index (κ1) is 11.5. The van der Waals surface area contributed by atoms with Crippen LogP contribution in [0, 0.1) is 0 Å². The van der Waals surface area contributed by atoms with Crippen molar-refractivity contribution in [1.29, 1.82) is 0 Å². The van der Waals surface area contributed by atoms with E-state index in [0.717, 1.165) is 18.7 Å². The van der Waals surface area contributed by atoms with Crippen LogP contribution in [-0.4, -0.2) is 17.0 Å².